The zero-order valence-electron chi connectivity index (χ0n) is 14.3. The third kappa shape index (κ3) is 3.87. The van der Waals surface area contributed by atoms with Crippen LogP contribution >= 0.6 is 11.8 Å². The topological polar surface area (TPSA) is 98.7 Å². The summed E-state index contributed by atoms with van der Waals surface area (Å²) in [5.74, 6) is 0.825. The minimum absolute atomic E-state index is 0.201. The Morgan fingerprint density at radius 3 is 2.72 bits per heavy atom. The molecule has 0 saturated heterocycles. The predicted octanol–water partition coefficient (Wildman–Crippen LogP) is 2.69. The van der Waals surface area contributed by atoms with E-state index < -0.39 is 5.25 Å². The number of carbonyl (C=O) groups excluding carboxylic acids is 1. The Bertz CT molecular complexity index is 904. The average Bonchev–Trinajstić information content (AvgIpc) is 3.19. The van der Waals surface area contributed by atoms with Gasteiger partial charge in [-0.15, -0.1) is 5.10 Å². The van der Waals surface area contributed by atoms with Crippen LogP contribution in [0.15, 0.2) is 33.9 Å². The first-order valence-corrected chi connectivity index (χ1v) is 8.59. The van der Waals surface area contributed by atoms with Crippen molar-refractivity contribution in [2.75, 3.05) is 5.32 Å². The molecule has 130 valence electrons. The lowest BCUT2D eigenvalue weighted by Gasteiger charge is -2.11. The maximum absolute atomic E-state index is 12.3. The van der Waals surface area contributed by atoms with E-state index in [2.05, 4.69) is 26.0 Å². The Hall–Kier alpha value is -2.68. The van der Waals surface area contributed by atoms with Crippen molar-refractivity contribution < 1.29 is 9.32 Å². The highest BCUT2D eigenvalue weighted by molar-refractivity contribution is 8.00. The summed E-state index contributed by atoms with van der Waals surface area (Å²) >= 11 is 1.27. The first-order valence-electron chi connectivity index (χ1n) is 7.71. The van der Waals surface area contributed by atoms with Crippen LogP contribution in [0, 0.1) is 20.8 Å². The number of nitrogens with zero attached hydrogens (tertiary/aromatic N) is 5. The molecule has 0 spiro atoms. The fourth-order valence-electron chi connectivity index (χ4n) is 2.14. The number of nitrogens with one attached hydrogen (secondary N) is 1. The molecule has 0 aliphatic heterocycles. The largest absolute Gasteiger partial charge is 0.360 e. The third-order valence-electron chi connectivity index (χ3n) is 3.71. The zero-order valence-corrected chi connectivity index (χ0v) is 15.2. The summed E-state index contributed by atoms with van der Waals surface area (Å²) in [5, 5.41) is 18.4. The van der Waals surface area contributed by atoms with E-state index in [4.69, 9.17) is 4.52 Å². The molecule has 0 aliphatic rings. The second-order valence-corrected chi connectivity index (χ2v) is 7.02. The molecule has 1 N–H and O–H groups in total. The van der Waals surface area contributed by atoms with Crippen molar-refractivity contribution in [3.05, 3.63) is 41.2 Å². The molecule has 0 bridgehead atoms. The van der Waals surface area contributed by atoms with Crippen LogP contribution < -0.4 is 5.32 Å². The summed E-state index contributed by atoms with van der Waals surface area (Å²) in [6.45, 7) is 7.63. The van der Waals surface area contributed by atoms with E-state index in [1.54, 1.807) is 24.6 Å². The van der Waals surface area contributed by atoms with Crippen molar-refractivity contribution in [3.8, 4) is 5.69 Å². The summed E-state index contributed by atoms with van der Waals surface area (Å²) in [6, 6.07) is 7.64. The normalized spacial score (nSPS) is 12.2. The number of aromatic nitrogens is 5. The van der Waals surface area contributed by atoms with Crippen molar-refractivity contribution in [2.24, 2.45) is 0 Å². The molecular formula is C16H18N6O2S. The molecule has 0 radical (unpaired) electrons. The monoisotopic (exact) mass is 358 g/mol. The lowest BCUT2D eigenvalue weighted by molar-refractivity contribution is -0.115. The lowest BCUT2D eigenvalue weighted by Crippen LogP contribution is -2.23. The Labute approximate surface area is 149 Å². The van der Waals surface area contributed by atoms with Gasteiger partial charge in [-0.1, -0.05) is 23.0 Å². The number of thioether (sulfide) groups is 1. The molecule has 0 aliphatic carbocycles. The Morgan fingerprint density at radius 2 is 2.04 bits per heavy atom. The van der Waals surface area contributed by atoms with Gasteiger partial charge in [0.15, 0.2) is 5.82 Å². The molecule has 0 unspecified atom stereocenters. The van der Waals surface area contributed by atoms with E-state index in [0.717, 1.165) is 11.3 Å². The number of aryl methyl sites for hydroxylation is 3. The second-order valence-electron chi connectivity index (χ2n) is 5.71. The standard InChI is InChI=1S/C16H18N6O2S/c1-9-5-6-13(7-10(9)2)22-16(18-20-21-22)25-12(4)15(23)17-14-8-11(3)24-19-14/h5-8,12H,1-4H3,(H,17,19,23)/t12-/m1/s1. The number of benzene rings is 1. The van der Waals surface area contributed by atoms with Crippen molar-refractivity contribution in [3.63, 3.8) is 0 Å². The second kappa shape index (κ2) is 7.06. The van der Waals surface area contributed by atoms with E-state index in [1.807, 2.05) is 32.0 Å². The van der Waals surface area contributed by atoms with Gasteiger partial charge in [0, 0.05) is 6.07 Å². The fourth-order valence-corrected chi connectivity index (χ4v) is 2.94. The summed E-state index contributed by atoms with van der Waals surface area (Å²) < 4.78 is 6.57. The van der Waals surface area contributed by atoms with Gasteiger partial charge < -0.3 is 9.84 Å². The number of carbonyl (C=O) groups is 1. The van der Waals surface area contributed by atoms with Crippen LogP contribution in [-0.2, 0) is 4.79 Å². The molecule has 2 heterocycles. The zero-order chi connectivity index (χ0) is 18.0. The van der Waals surface area contributed by atoms with Crippen molar-refractivity contribution in [1.29, 1.82) is 0 Å². The van der Waals surface area contributed by atoms with Gasteiger partial charge in [0.05, 0.1) is 10.9 Å². The molecule has 3 rings (SSSR count). The van der Waals surface area contributed by atoms with Crippen LogP contribution in [0.3, 0.4) is 0 Å². The van der Waals surface area contributed by atoms with Gasteiger partial charge in [0.25, 0.3) is 0 Å². The minimum Gasteiger partial charge on any atom is -0.360 e. The predicted molar refractivity (Wildman–Crippen MR) is 93.8 cm³/mol. The summed E-state index contributed by atoms with van der Waals surface area (Å²) in [4.78, 5) is 12.3. The fraction of sp³-hybridized carbons (Fsp3) is 0.312. The highest BCUT2D eigenvalue weighted by atomic mass is 32.2. The Kier molecular flexibility index (Phi) is 4.84. The van der Waals surface area contributed by atoms with E-state index in [1.165, 1.54) is 17.3 Å². The van der Waals surface area contributed by atoms with Gasteiger partial charge in [-0.25, -0.2) is 0 Å². The van der Waals surface area contributed by atoms with Crippen LogP contribution in [-0.4, -0.2) is 36.5 Å². The number of hydrogen-bond donors (Lipinski definition) is 1. The van der Waals surface area contributed by atoms with Crippen LogP contribution in [0.4, 0.5) is 5.82 Å². The van der Waals surface area contributed by atoms with E-state index in [0.29, 0.717) is 16.7 Å². The maximum atomic E-state index is 12.3. The van der Waals surface area contributed by atoms with E-state index >= 15 is 0 Å². The number of hydrogen-bond acceptors (Lipinski definition) is 7. The highest BCUT2D eigenvalue weighted by Gasteiger charge is 2.20. The summed E-state index contributed by atoms with van der Waals surface area (Å²) in [6.07, 6.45) is 0. The number of anilines is 1. The molecule has 1 aromatic carbocycles. The Morgan fingerprint density at radius 1 is 1.24 bits per heavy atom. The van der Waals surface area contributed by atoms with Gasteiger partial charge >= 0.3 is 0 Å². The van der Waals surface area contributed by atoms with E-state index in [-0.39, 0.29) is 5.91 Å². The number of rotatable bonds is 5. The maximum Gasteiger partial charge on any atom is 0.238 e. The van der Waals surface area contributed by atoms with Crippen LogP contribution in [0.5, 0.6) is 0 Å². The van der Waals surface area contributed by atoms with Crippen molar-refractivity contribution >= 4 is 23.5 Å². The number of tetrazole rings is 1. The molecule has 25 heavy (non-hydrogen) atoms. The number of amides is 1. The van der Waals surface area contributed by atoms with Crippen molar-refractivity contribution in [2.45, 2.75) is 38.1 Å². The summed E-state index contributed by atoms with van der Waals surface area (Å²) in [7, 11) is 0. The van der Waals surface area contributed by atoms with Gasteiger partial charge in [-0.3, -0.25) is 4.79 Å². The molecule has 1 amide bonds. The van der Waals surface area contributed by atoms with Crippen LogP contribution in [0.2, 0.25) is 0 Å². The molecule has 2 aromatic heterocycles. The minimum atomic E-state index is -0.409. The van der Waals surface area contributed by atoms with Crippen LogP contribution in [0.1, 0.15) is 23.8 Å². The average molecular weight is 358 g/mol. The molecular weight excluding hydrogens is 340 g/mol. The SMILES string of the molecule is Cc1cc(NC(=O)[C@@H](C)Sc2nnnn2-c2ccc(C)c(C)c2)no1. The van der Waals surface area contributed by atoms with Crippen LogP contribution in [0.25, 0.3) is 5.69 Å². The van der Waals surface area contributed by atoms with Gasteiger partial charge in [-0.2, -0.15) is 4.68 Å². The molecule has 0 fully saturated rings. The highest BCUT2D eigenvalue weighted by Crippen LogP contribution is 2.24. The molecule has 8 nitrogen and oxygen atoms in total. The Balaban J connectivity index is 1.73. The van der Waals surface area contributed by atoms with Gasteiger partial charge in [0.2, 0.25) is 11.1 Å². The molecule has 9 heteroatoms. The molecule has 1 atom stereocenters. The van der Waals surface area contributed by atoms with Gasteiger partial charge in [0.1, 0.15) is 5.76 Å². The quantitative estimate of drug-likeness (QED) is 0.700. The smallest absolute Gasteiger partial charge is 0.238 e. The lowest BCUT2D eigenvalue weighted by atomic mass is 10.1. The molecule has 3 aromatic rings. The van der Waals surface area contributed by atoms with Crippen molar-refractivity contribution in [1.82, 2.24) is 25.4 Å². The first kappa shape index (κ1) is 17.2. The summed E-state index contributed by atoms with van der Waals surface area (Å²) in [5.41, 5.74) is 3.20. The van der Waals surface area contributed by atoms with E-state index in [9.17, 15) is 4.79 Å². The first-order chi connectivity index (χ1) is 11.9. The molecule has 0 saturated carbocycles. The van der Waals surface area contributed by atoms with Gasteiger partial charge in [-0.05, 0) is 61.4 Å². The third-order valence-corrected chi connectivity index (χ3v) is 4.74.